The van der Waals surface area contributed by atoms with Gasteiger partial charge in [-0.1, -0.05) is 6.07 Å². The van der Waals surface area contributed by atoms with Gasteiger partial charge in [0.2, 0.25) is 16.0 Å². The normalized spacial score (nSPS) is 18.8. The van der Waals surface area contributed by atoms with Crippen molar-refractivity contribution < 1.29 is 21.6 Å². The molecule has 270 valence electrons. The lowest BCUT2D eigenvalue weighted by molar-refractivity contribution is -0.126. The van der Waals surface area contributed by atoms with Gasteiger partial charge in [0.25, 0.3) is 0 Å². The van der Waals surface area contributed by atoms with Crippen molar-refractivity contribution in [2.45, 2.75) is 70.9 Å². The third-order valence-electron chi connectivity index (χ3n) is 10.3. The average Bonchev–Trinajstić information content (AvgIpc) is 3.66. The summed E-state index contributed by atoms with van der Waals surface area (Å²) in [6.07, 6.45) is -2.32. The van der Waals surface area contributed by atoms with E-state index < -0.39 is 22.6 Å². The number of sulfonamides is 1. The van der Waals surface area contributed by atoms with E-state index in [1.54, 1.807) is 13.1 Å². The number of nitrogens with zero attached hydrogens (tertiary/aromatic N) is 7. The molecule has 3 aromatic heterocycles. The van der Waals surface area contributed by atoms with Crippen molar-refractivity contribution >= 4 is 54.2 Å². The van der Waals surface area contributed by atoms with Gasteiger partial charge in [0.1, 0.15) is 22.4 Å². The first-order valence-corrected chi connectivity index (χ1v) is 19.6. The van der Waals surface area contributed by atoms with Gasteiger partial charge in [-0.15, -0.1) is 11.3 Å². The van der Waals surface area contributed by atoms with E-state index in [1.165, 1.54) is 16.1 Å². The zero-order valence-electron chi connectivity index (χ0n) is 29.0. The molecular formula is C34H44F3N9O2S2. The second kappa shape index (κ2) is 14.3. The second-order valence-corrected chi connectivity index (χ2v) is 16.6. The topological polar surface area (TPSA) is 122 Å². The molecule has 0 bridgehead atoms. The van der Waals surface area contributed by atoms with Crippen LogP contribution in [0.3, 0.4) is 0 Å². The lowest BCUT2D eigenvalue weighted by Gasteiger charge is -2.39. The Kier molecular flexibility index (Phi) is 10.4. The summed E-state index contributed by atoms with van der Waals surface area (Å²) in [4.78, 5) is 14.4. The highest BCUT2D eigenvalue weighted by molar-refractivity contribution is 7.88. The quantitative estimate of drug-likeness (QED) is 0.216. The summed E-state index contributed by atoms with van der Waals surface area (Å²) in [5.74, 6) is 0.926. The number of aromatic nitrogens is 3. The van der Waals surface area contributed by atoms with Crippen LogP contribution < -0.4 is 10.6 Å². The molecule has 2 atom stereocenters. The monoisotopic (exact) mass is 731 g/mol. The fourth-order valence-corrected chi connectivity index (χ4v) is 9.18. The molecule has 5 heterocycles. The number of piperidine rings is 1. The molecule has 2 fully saturated rings. The molecule has 1 aromatic carbocycles. The fourth-order valence-electron chi connectivity index (χ4n) is 7.29. The van der Waals surface area contributed by atoms with Gasteiger partial charge in [-0.05, 0) is 62.9 Å². The van der Waals surface area contributed by atoms with Crippen LogP contribution in [0.5, 0.6) is 0 Å². The minimum Gasteiger partial charge on any atom is -0.367 e. The maximum Gasteiger partial charge on any atom is 0.393 e. The van der Waals surface area contributed by atoms with Crippen LogP contribution in [0, 0.1) is 18.3 Å². The van der Waals surface area contributed by atoms with Gasteiger partial charge >= 0.3 is 6.18 Å². The number of fused-ring (bicyclic) bond motifs is 2. The molecule has 2 unspecified atom stereocenters. The summed E-state index contributed by atoms with van der Waals surface area (Å²) in [6, 6.07) is 10.4. The third kappa shape index (κ3) is 7.71. The van der Waals surface area contributed by atoms with Crippen LogP contribution >= 0.6 is 11.3 Å². The number of hydrogen-bond donors (Lipinski definition) is 2. The van der Waals surface area contributed by atoms with Gasteiger partial charge in [-0.2, -0.15) is 27.7 Å². The van der Waals surface area contributed by atoms with E-state index in [0.29, 0.717) is 53.9 Å². The Morgan fingerprint density at radius 3 is 2.36 bits per heavy atom. The zero-order valence-corrected chi connectivity index (χ0v) is 30.6. The summed E-state index contributed by atoms with van der Waals surface area (Å²) in [6.45, 7) is 11.1. The Morgan fingerprint density at radius 1 is 1.04 bits per heavy atom. The summed E-state index contributed by atoms with van der Waals surface area (Å²) in [5, 5.41) is 18.2. The number of hydrogen-bond acceptors (Lipinski definition) is 10. The molecule has 50 heavy (non-hydrogen) atoms. The van der Waals surface area contributed by atoms with Crippen LogP contribution in [0.4, 0.5) is 24.9 Å². The lowest BCUT2D eigenvalue weighted by Crippen LogP contribution is -2.52. The average molecular weight is 732 g/mol. The first kappa shape index (κ1) is 36.3. The molecule has 0 aliphatic carbocycles. The van der Waals surface area contributed by atoms with Crippen LogP contribution in [0.15, 0.2) is 24.3 Å². The number of alkyl halides is 3. The van der Waals surface area contributed by atoms with Crippen LogP contribution in [0.1, 0.15) is 54.4 Å². The van der Waals surface area contributed by atoms with Gasteiger partial charge in [0.15, 0.2) is 0 Å². The maximum absolute atomic E-state index is 13.1. The Balaban J connectivity index is 1.12. The molecule has 6 rings (SSSR count). The number of benzene rings is 1. The smallest absolute Gasteiger partial charge is 0.367 e. The number of thiophene rings is 1. The van der Waals surface area contributed by atoms with Crippen molar-refractivity contribution in [2.75, 3.05) is 63.2 Å². The first-order valence-electron chi connectivity index (χ1n) is 16.9. The molecule has 0 saturated carbocycles. The number of nitriles is 1. The zero-order chi connectivity index (χ0) is 36.0. The first-order chi connectivity index (χ1) is 23.6. The highest BCUT2D eigenvalue weighted by atomic mass is 32.2. The van der Waals surface area contributed by atoms with Crippen LogP contribution in [-0.4, -0.2) is 108 Å². The molecule has 2 saturated heterocycles. The Hall–Kier alpha value is -3.49. The minimum absolute atomic E-state index is 0.00525. The predicted octanol–water partition coefficient (Wildman–Crippen LogP) is 5.58. The van der Waals surface area contributed by atoms with Gasteiger partial charge in [-0.25, -0.2) is 13.4 Å². The van der Waals surface area contributed by atoms with Gasteiger partial charge < -0.3 is 15.2 Å². The Morgan fingerprint density at radius 2 is 1.74 bits per heavy atom. The van der Waals surface area contributed by atoms with E-state index in [4.69, 9.17) is 0 Å². The van der Waals surface area contributed by atoms with Gasteiger partial charge in [0, 0.05) is 86.8 Å². The number of halogens is 3. The van der Waals surface area contributed by atoms with E-state index in [9.17, 15) is 26.9 Å². The van der Waals surface area contributed by atoms with Crippen molar-refractivity contribution in [3.05, 3.63) is 46.0 Å². The van der Waals surface area contributed by atoms with Crippen LogP contribution in [0.25, 0.3) is 21.1 Å². The van der Waals surface area contributed by atoms with E-state index >= 15 is 0 Å². The summed E-state index contributed by atoms with van der Waals surface area (Å²) in [7, 11) is -1.52. The van der Waals surface area contributed by atoms with Gasteiger partial charge in [0.05, 0.1) is 18.1 Å². The van der Waals surface area contributed by atoms with E-state index in [-0.39, 0.29) is 23.0 Å². The van der Waals surface area contributed by atoms with E-state index in [2.05, 4.69) is 73.9 Å². The number of piperazine rings is 1. The van der Waals surface area contributed by atoms with Crippen molar-refractivity contribution in [3.8, 4) is 6.07 Å². The Bertz CT molecular complexity index is 2010. The molecule has 2 N–H and O–H groups in total. The summed E-state index contributed by atoms with van der Waals surface area (Å²) < 4.78 is 66.9. The Labute approximate surface area is 295 Å². The second-order valence-electron chi connectivity index (χ2n) is 13.5. The number of aryl methyl sites for hydroxylation is 1. The van der Waals surface area contributed by atoms with Crippen LogP contribution in [-0.2, 0) is 23.0 Å². The predicted molar refractivity (Wildman–Crippen MR) is 192 cm³/mol. The minimum atomic E-state index is -4.29. The molecular weight excluding hydrogens is 688 g/mol. The molecule has 0 radical (unpaired) electrons. The van der Waals surface area contributed by atoms with Crippen molar-refractivity contribution in [2.24, 2.45) is 0 Å². The van der Waals surface area contributed by atoms with Gasteiger partial charge in [-0.3, -0.25) is 9.80 Å². The largest absolute Gasteiger partial charge is 0.393 e. The summed E-state index contributed by atoms with van der Waals surface area (Å²) in [5.41, 5.74) is 3.98. The highest BCUT2D eigenvalue weighted by Crippen LogP contribution is 2.35. The van der Waals surface area contributed by atoms with Crippen molar-refractivity contribution in [3.63, 3.8) is 0 Å². The molecule has 4 aromatic rings. The lowest BCUT2D eigenvalue weighted by atomic mass is 10.0. The third-order valence-corrected chi connectivity index (χ3v) is 12.6. The number of anilines is 2. The van der Waals surface area contributed by atoms with E-state index in [1.807, 2.05) is 6.07 Å². The number of likely N-dealkylation sites (tertiary alicyclic amines) is 1. The molecule has 16 heteroatoms. The SMILES string of the molecule is CNc1nc(NC2CCN(Cc3ccc4c(cc(C#N)n4C(C)C(C)N4CCN(S(C)(=O)=O)CC4)c3C)CC2)c2cc(CC(F)(F)F)sc2n1. The maximum atomic E-state index is 13.1. The molecule has 0 amide bonds. The molecule has 11 nitrogen and oxygen atoms in total. The number of rotatable bonds is 10. The number of nitrogens with one attached hydrogen (secondary N) is 2. The standard InChI is InChI=1S/C34H44F3N9O2S2/c1-21-24(6-7-30-28(21)16-26(19-38)46(30)23(3)22(2)44-12-14-45(15-13-44)50(5,47)48)20-43-10-8-25(9-11-43)40-31-29-17-27(18-34(35,36)37)49-32(29)42-33(39-4)41-31/h6-7,16-17,22-23,25H,8-15,18,20H2,1-5H3,(H2,39,40,41,42). The van der Waals surface area contributed by atoms with Crippen molar-refractivity contribution in [1.29, 1.82) is 5.26 Å². The van der Waals surface area contributed by atoms with Crippen LogP contribution in [0.2, 0.25) is 0 Å². The fraction of sp³-hybridized carbons (Fsp3) is 0.559. The molecule has 2 aliphatic heterocycles. The van der Waals surface area contributed by atoms with E-state index in [0.717, 1.165) is 60.3 Å². The summed E-state index contributed by atoms with van der Waals surface area (Å²) >= 11 is 1.05. The molecule has 2 aliphatic rings. The highest BCUT2D eigenvalue weighted by Gasteiger charge is 2.31. The van der Waals surface area contributed by atoms with Crippen molar-refractivity contribution in [1.82, 2.24) is 28.6 Å². The molecule has 0 spiro atoms.